The van der Waals surface area contributed by atoms with Crippen LogP contribution in [0.3, 0.4) is 0 Å². The minimum atomic E-state index is -0.694. The molecule has 0 unspecified atom stereocenters. The zero-order valence-electron chi connectivity index (χ0n) is 14.8. The molecule has 0 aliphatic rings. The Kier molecular flexibility index (Phi) is 4.70. The molecule has 0 atom stereocenters. The van der Waals surface area contributed by atoms with E-state index in [9.17, 15) is 4.79 Å². The van der Waals surface area contributed by atoms with E-state index in [0.29, 0.717) is 28.9 Å². The van der Waals surface area contributed by atoms with Gasteiger partial charge in [0.15, 0.2) is 17.4 Å². The van der Waals surface area contributed by atoms with Gasteiger partial charge in [0, 0.05) is 18.5 Å². The van der Waals surface area contributed by atoms with Crippen LogP contribution in [0.5, 0.6) is 11.5 Å². The number of aromatic nitrogens is 4. The van der Waals surface area contributed by atoms with E-state index in [1.54, 1.807) is 72.7 Å². The highest BCUT2D eigenvalue weighted by Gasteiger charge is 2.13. The molecule has 0 radical (unpaired) electrons. The summed E-state index contributed by atoms with van der Waals surface area (Å²) in [6.07, 6.45) is 4.18. The fourth-order valence-corrected chi connectivity index (χ4v) is 2.42. The monoisotopic (exact) mass is 377 g/mol. The van der Waals surface area contributed by atoms with Crippen LogP contribution < -0.4 is 14.8 Å². The SMILES string of the molecule is COc1ccc(OC(=O)Nc2cc(-n3cccn3)nc(-c3ccco3)n2)cc1. The van der Waals surface area contributed by atoms with Crippen LogP contribution in [0.15, 0.2) is 71.6 Å². The molecule has 4 aromatic rings. The smallest absolute Gasteiger partial charge is 0.418 e. The second-order valence-electron chi connectivity index (χ2n) is 5.55. The van der Waals surface area contributed by atoms with Crippen LogP contribution in [0, 0.1) is 0 Å². The minimum Gasteiger partial charge on any atom is -0.497 e. The predicted octanol–water partition coefficient (Wildman–Crippen LogP) is 3.54. The standard InChI is InChI=1S/C19H15N5O4/c1-26-13-5-7-14(8-6-13)28-19(25)22-16-12-17(24-10-3-9-20-24)23-18(21-16)15-4-2-11-27-15/h2-12H,1H3,(H,21,22,23,25). The van der Waals surface area contributed by atoms with Crippen molar-refractivity contribution >= 4 is 11.9 Å². The molecule has 28 heavy (non-hydrogen) atoms. The van der Waals surface area contributed by atoms with Crippen molar-refractivity contribution in [1.29, 1.82) is 0 Å². The number of methoxy groups -OCH3 is 1. The molecule has 3 aromatic heterocycles. The summed E-state index contributed by atoms with van der Waals surface area (Å²) >= 11 is 0. The third kappa shape index (κ3) is 3.83. The first kappa shape index (κ1) is 17.3. The number of nitrogens with one attached hydrogen (secondary N) is 1. The number of carbonyl (C=O) groups excluding carboxylic acids is 1. The lowest BCUT2D eigenvalue weighted by Gasteiger charge is -2.09. The zero-order valence-corrected chi connectivity index (χ0v) is 14.8. The summed E-state index contributed by atoms with van der Waals surface area (Å²) in [6, 6.07) is 13.4. The normalized spacial score (nSPS) is 10.5. The molecule has 3 heterocycles. The van der Waals surface area contributed by atoms with Gasteiger partial charge in [-0.15, -0.1) is 0 Å². The Hall–Kier alpha value is -4.14. The van der Waals surface area contributed by atoms with Crippen LogP contribution in [0.1, 0.15) is 0 Å². The van der Waals surface area contributed by atoms with Crippen molar-refractivity contribution in [3.63, 3.8) is 0 Å². The second kappa shape index (κ2) is 7.62. The van der Waals surface area contributed by atoms with E-state index in [1.165, 1.54) is 6.26 Å². The van der Waals surface area contributed by atoms with Gasteiger partial charge in [0.25, 0.3) is 0 Å². The zero-order chi connectivity index (χ0) is 19.3. The number of hydrogen-bond donors (Lipinski definition) is 1. The fourth-order valence-electron chi connectivity index (χ4n) is 2.42. The molecular weight excluding hydrogens is 362 g/mol. The number of anilines is 1. The Labute approximate surface area is 159 Å². The maximum absolute atomic E-state index is 12.3. The molecule has 0 fully saturated rings. The highest BCUT2D eigenvalue weighted by molar-refractivity contribution is 5.85. The lowest BCUT2D eigenvalue weighted by atomic mass is 10.3. The Morgan fingerprint density at radius 2 is 1.93 bits per heavy atom. The maximum Gasteiger partial charge on any atom is 0.418 e. The first-order valence-corrected chi connectivity index (χ1v) is 8.27. The molecule has 0 saturated heterocycles. The van der Waals surface area contributed by atoms with Crippen molar-refractivity contribution < 1.29 is 18.7 Å². The molecule has 1 aromatic carbocycles. The van der Waals surface area contributed by atoms with Crippen LogP contribution in [0.2, 0.25) is 0 Å². The summed E-state index contributed by atoms with van der Waals surface area (Å²) in [5, 5.41) is 6.75. The highest BCUT2D eigenvalue weighted by Crippen LogP contribution is 2.21. The topological polar surface area (TPSA) is 104 Å². The molecule has 9 heteroatoms. The summed E-state index contributed by atoms with van der Waals surface area (Å²) < 4.78 is 17.3. The first-order valence-electron chi connectivity index (χ1n) is 8.27. The summed E-state index contributed by atoms with van der Waals surface area (Å²) in [5.74, 6) is 2.50. The Bertz CT molecular complexity index is 1010. The molecule has 0 saturated carbocycles. The van der Waals surface area contributed by atoms with Crippen LogP contribution in [-0.4, -0.2) is 33.0 Å². The van der Waals surface area contributed by atoms with E-state index < -0.39 is 6.09 Å². The quantitative estimate of drug-likeness (QED) is 0.567. The molecule has 4 rings (SSSR count). The number of furan rings is 1. The highest BCUT2D eigenvalue weighted by atomic mass is 16.6. The van der Waals surface area contributed by atoms with Crippen LogP contribution in [-0.2, 0) is 0 Å². The average molecular weight is 377 g/mol. The molecule has 0 bridgehead atoms. The lowest BCUT2D eigenvalue weighted by Crippen LogP contribution is -2.18. The Morgan fingerprint density at radius 3 is 2.61 bits per heavy atom. The van der Waals surface area contributed by atoms with E-state index >= 15 is 0 Å². The number of carbonyl (C=O) groups is 1. The summed E-state index contributed by atoms with van der Waals surface area (Å²) in [5.41, 5.74) is 0. The van der Waals surface area contributed by atoms with Crippen molar-refractivity contribution in [2.75, 3.05) is 12.4 Å². The Morgan fingerprint density at radius 1 is 1.11 bits per heavy atom. The van der Waals surface area contributed by atoms with Crippen molar-refractivity contribution in [2.45, 2.75) is 0 Å². The van der Waals surface area contributed by atoms with Gasteiger partial charge in [-0.25, -0.2) is 19.4 Å². The first-order chi connectivity index (χ1) is 13.7. The van der Waals surface area contributed by atoms with Crippen molar-refractivity contribution in [3.05, 3.63) is 67.2 Å². The average Bonchev–Trinajstić information content (AvgIpc) is 3.42. The second-order valence-corrected chi connectivity index (χ2v) is 5.55. The van der Waals surface area contributed by atoms with Gasteiger partial charge in [-0.2, -0.15) is 5.10 Å². The van der Waals surface area contributed by atoms with E-state index in [4.69, 9.17) is 13.9 Å². The summed E-state index contributed by atoms with van der Waals surface area (Å²) in [7, 11) is 1.56. The van der Waals surface area contributed by atoms with Crippen LogP contribution in [0.25, 0.3) is 17.4 Å². The van der Waals surface area contributed by atoms with Gasteiger partial charge in [-0.05, 0) is 42.5 Å². The van der Waals surface area contributed by atoms with E-state index in [-0.39, 0.29) is 5.82 Å². The Balaban J connectivity index is 1.58. The predicted molar refractivity (Wildman–Crippen MR) is 99.5 cm³/mol. The van der Waals surface area contributed by atoms with Crippen molar-refractivity contribution in [3.8, 4) is 28.9 Å². The molecule has 9 nitrogen and oxygen atoms in total. The van der Waals surface area contributed by atoms with E-state index in [0.717, 1.165) is 0 Å². The van der Waals surface area contributed by atoms with E-state index in [2.05, 4.69) is 20.4 Å². The number of ether oxygens (including phenoxy) is 2. The van der Waals surface area contributed by atoms with Gasteiger partial charge in [0.05, 0.1) is 13.4 Å². The number of nitrogens with zero attached hydrogens (tertiary/aromatic N) is 4. The molecule has 140 valence electrons. The number of rotatable bonds is 5. The summed E-state index contributed by atoms with van der Waals surface area (Å²) in [6.45, 7) is 0. The lowest BCUT2D eigenvalue weighted by molar-refractivity contribution is 0.215. The molecule has 1 amide bonds. The maximum atomic E-state index is 12.3. The van der Waals surface area contributed by atoms with Gasteiger partial charge in [0.2, 0.25) is 0 Å². The molecule has 1 N–H and O–H groups in total. The fraction of sp³-hybridized carbons (Fsp3) is 0.0526. The van der Waals surface area contributed by atoms with Gasteiger partial charge in [-0.3, -0.25) is 5.32 Å². The van der Waals surface area contributed by atoms with E-state index in [1.807, 2.05) is 0 Å². The van der Waals surface area contributed by atoms with Crippen molar-refractivity contribution in [1.82, 2.24) is 19.7 Å². The largest absolute Gasteiger partial charge is 0.497 e. The third-order valence-electron chi connectivity index (χ3n) is 3.69. The number of benzene rings is 1. The van der Waals surface area contributed by atoms with Gasteiger partial charge >= 0.3 is 6.09 Å². The molecule has 0 aliphatic heterocycles. The third-order valence-corrected chi connectivity index (χ3v) is 3.69. The molecular formula is C19H15N5O4. The van der Waals surface area contributed by atoms with Crippen molar-refractivity contribution in [2.24, 2.45) is 0 Å². The number of hydrogen-bond acceptors (Lipinski definition) is 7. The van der Waals surface area contributed by atoms with Crippen LogP contribution >= 0.6 is 0 Å². The summed E-state index contributed by atoms with van der Waals surface area (Å²) in [4.78, 5) is 21.0. The van der Waals surface area contributed by atoms with Crippen LogP contribution in [0.4, 0.5) is 10.6 Å². The minimum absolute atomic E-state index is 0.241. The van der Waals surface area contributed by atoms with Gasteiger partial charge in [-0.1, -0.05) is 0 Å². The molecule has 0 spiro atoms. The molecule has 0 aliphatic carbocycles. The van der Waals surface area contributed by atoms with Gasteiger partial charge < -0.3 is 13.9 Å². The number of amides is 1. The van der Waals surface area contributed by atoms with Gasteiger partial charge in [0.1, 0.15) is 17.3 Å².